The summed E-state index contributed by atoms with van der Waals surface area (Å²) in [6.07, 6.45) is 0. The Kier molecular flexibility index (Phi) is 7.38. The molecule has 1 atom stereocenters. The predicted octanol–water partition coefficient (Wildman–Crippen LogP) is 2.94. The fourth-order valence-corrected chi connectivity index (χ4v) is 2.07. The van der Waals surface area contributed by atoms with E-state index >= 15 is 0 Å². The molecule has 0 aliphatic carbocycles. The average Bonchev–Trinajstić information content (AvgIpc) is 2.38. The monoisotopic (exact) mass is 349 g/mol. The number of methoxy groups -OCH3 is 1. The molecular formula is C13H17BrClNO3. The summed E-state index contributed by atoms with van der Waals surface area (Å²) in [7, 11) is 1.61. The lowest BCUT2D eigenvalue weighted by molar-refractivity contribution is -0.145. The third-order valence-corrected chi connectivity index (χ3v) is 3.67. The van der Waals surface area contributed by atoms with Gasteiger partial charge in [0, 0.05) is 18.1 Å². The summed E-state index contributed by atoms with van der Waals surface area (Å²) >= 11 is 9.30. The number of halogens is 2. The first kappa shape index (κ1) is 16.4. The van der Waals surface area contributed by atoms with E-state index in [0.717, 1.165) is 10.0 Å². The van der Waals surface area contributed by atoms with Gasteiger partial charge in [-0.1, -0.05) is 17.7 Å². The molecule has 4 nitrogen and oxygen atoms in total. The minimum Gasteiger partial charge on any atom is -0.465 e. The first-order chi connectivity index (χ1) is 9.10. The smallest absolute Gasteiger partial charge is 0.327 e. The van der Waals surface area contributed by atoms with Gasteiger partial charge in [0.25, 0.3) is 0 Å². The van der Waals surface area contributed by atoms with Crippen molar-refractivity contribution in [1.82, 2.24) is 5.32 Å². The van der Waals surface area contributed by atoms with Crippen LogP contribution in [0.25, 0.3) is 0 Å². The van der Waals surface area contributed by atoms with Gasteiger partial charge in [-0.25, -0.2) is 4.79 Å². The lowest BCUT2D eigenvalue weighted by Crippen LogP contribution is -2.32. The van der Waals surface area contributed by atoms with Crippen molar-refractivity contribution in [3.63, 3.8) is 0 Å². The van der Waals surface area contributed by atoms with Crippen LogP contribution in [-0.2, 0) is 14.3 Å². The lowest BCUT2D eigenvalue weighted by atomic mass is 10.1. The second-order valence-corrected chi connectivity index (χ2v) is 5.07. The van der Waals surface area contributed by atoms with Crippen molar-refractivity contribution < 1.29 is 14.3 Å². The normalized spacial score (nSPS) is 12.2. The highest BCUT2D eigenvalue weighted by Crippen LogP contribution is 2.26. The molecule has 0 radical (unpaired) electrons. The number of benzene rings is 1. The number of carbonyl (C=O) groups excluding carboxylic acids is 1. The Bertz CT molecular complexity index is 428. The molecule has 1 unspecified atom stereocenters. The molecule has 0 saturated heterocycles. The van der Waals surface area contributed by atoms with Gasteiger partial charge >= 0.3 is 5.97 Å². The molecule has 0 aliphatic heterocycles. The second kappa shape index (κ2) is 8.53. The third kappa shape index (κ3) is 5.10. The van der Waals surface area contributed by atoms with E-state index in [1.54, 1.807) is 26.2 Å². The second-order valence-electron chi connectivity index (χ2n) is 3.81. The Balaban J connectivity index is 2.87. The summed E-state index contributed by atoms with van der Waals surface area (Å²) in [6, 6.07) is 4.83. The highest BCUT2D eigenvalue weighted by molar-refractivity contribution is 9.10. The number of ether oxygens (including phenoxy) is 2. The van der Waals surface area contributed by atoms with Crippen molar-refractivity contribution in [2.24, 2.45) is 0 Å². The Labute approximate surface area is 126 Å². The van der Waals surface area contributed by atoms with Crippen LogP contribution in [0.1, 0.15) is 18.5 Å². The van der Waals surface area contributed by atoms with Gasteiger partial charge in [-0.05, 0) is 40.5 Å². The predicted molar refractivity (Wildman–Crippen MR) is 78.4 cm³/mol. The average molecular weight is 351 g/mol. The Morgan fingerprint density at radius 2 is 2.26 bits per heavy atom. The van der Waals surface area contributed by atoms with E-state index in [2.05, 4.69) is 21.2 Å². The maximum Gasteiger partial charge on any atom is 0.327 e. The SMILES string of the molecule is CCOC(=O)C(NCCOC)c1ccc(Cl)c(Br)c1. The molecule has 106 valence electrons. The van der Waals surface area contributed by atoms with E-state index in [4.69, 9.17) is 21.1 Å². The maximum atomic E-state index is 12.0. The molecule has 1 aromatic carbocycles. The zero-order valence-electron chi connectivity index (χ0n) is 10.9. The topological polar surface area (TPSA) is 47.6 Å². The van der Waals surface area contributed by atoms with Crippen molar-refractivity contribution in [3.05, 3.63) is 33.3 Å². The van der Waals surface area contributed by atoms with Crippen molar-refractivity contribution in [1.29, 1.82) is 0 Å². The molecule has 0 aromatic heterocycles. The first-order valence-electron chi connectivity index (χ1n) is 5.94. The van der Waals surface area contributed by atoms with Crippen molar-refractivity contribution in [2.45, 2.75) is 13.0 Å². The molecule has 0 spiro atoms. The molecule has 0 saturated carbocycles. The molecule has 19 heavy (non-hydrogen) atoms. The molecule has 0 bridgehead atoms. The number of esters is 1. The molecule has 0 heterocycles. The van der Waals surface area contributed by atoms with Gasteiger partial charge in [-0.2, -0.15) is 0 Å². The highest BCUT2D eigenvalue weighted by atomic mass is 79.9. The summed E-state index contributed by atoms with van der Waals surface area (Å²) in [4.78, 5) is 12.0. The largest absolute Gasteiger partial charge is 0.465 e. The Morgan fingerprint density at radius 1 is 1.53 bits per heavy atom. The Morgan fingerprint density at radius 3 is 2.84 bits per heavy atom. The molecule has 0 fully saturated rings. The van der Waals surface area contributed by atoms with E-state index in [9.17, 15) is 4.79 Å². The maximum absolute atomic E-state index is 12.0. The fraction of sp³-hybridized carbons (Fsp3) is 0.462. The van der Waals surface area contributed by atoms with Crippen LogP contribution >= 0.6 is 27.5 Å². The number of nitrogens with one attached hydrogen (secondary N) is 1. The van der Waals surface area contributed by atoms with Crippen LogP contribution in [0.15, 0.2) is 22.7 Å². The Hall–Kier alpha value is -0.620. The summed E-state index contributed by atoms with van der Waals surface area (Å²) in [6.45, 7) is 3.20. The molecule has 1 aromatic rings. The molecule has 0 aliphatic rings. The van der Waals surface area contributed by atoms with Gasteiger partial charge in [0.2, 0.25) is 0 Å². The quantitative estimate of drug-likeness (QED) is 0.607. The van der Waals surface area contributed by atoms with E-state index in [1.165, 1.54) is 0 Å². The minimum absolute atomic E-state index is 0.312. The molecule has 1 rings (SSSR count). The third-order valence-electron chi connectivity index (χ3n) is 2.45. The zero-order valence-corrected chi connectivity index (χ0v) is 13.3. The molecule has 6 heteroatoms. The standard InChI is InChI=1S/C13H17BrClNO3/c1-3-19-13(17)12(16-6-7-18-2)9-4-5-11(15)10(14)8-9/h4-5,8,12,16H,3,6-7H2,1-2H3. The van der Waals surface area contributed by atoms with Crippen LogP contribution in [0.5, 0.6) is 0 Å². The van der Waals surface area contributed by atoms with Gasteiger partial charge in [-0.3, -0.25) is 5.32 Å². The van der Waals surface area contributed by atoms with Crippen LogP contribution < -0.4 is 5.32 Å². The van der Waals surface area contributed by atoms with Crippen molar-refractivity contribution in [3.8, 4) is 0 Å². The van der Waals surface area contributed by atoms with Crippen LogP contribution in [0.3, 0.4) is 0 Å². The van der Waals surface area contributed by atoms with Gasteiger partial charge in [0.15, 0.2) is 0 Å². The highest BCUT2D eigenvalue weighted by Gasteiger charge is 2.21. The van der Waals surface area contributed by atoms with E-state index in [-0.39, 0.29) is 5.97 Å². The number of hydrogen-bond donors (Lipinski definition) is 1. The molecule has 1 N–H and O–H groups in total. The van der Waals surface area contributed by atoms with Gasteiger partial charge in [0.1, 0.15) is 6.04 Å². The van der Waals surface area contributed by atoms with E-state index in [1.807, 2.05) is 6.07 Å². The van der Waals surface area contributed by atoms with Gasteiger partial charge in [-0.15, -0.1) is 0 Å². The van der Waals surface area contributed by atoms with E-state index in [0.29, 0.717) is 24.8 Å². The van der Waals surface area contributed by atoms with Crippen LogP contribution in [-0.4, -0.2) is 32.8 Å². The first-order valence-corrected chi connectivity index (χ1v) is 7.11. The molecular weight excluding hydrogens is 334 g/mol. The molecule has 0 amide bonds. The number of hydrogen-bond acceptors (Lipinski definition) is 4. The van der Waals surface area contributed by atoms with Crippen LogP contribution in [0, 0.1) is 0 Å². The number of carbonyl (C=O) groups is 1. The number of rotatable bonds is 7. The van der Waals surface area contributed by atoms with Crippen molar-refractivity contribution >= 4 is 33.5 Å². The summed E-state index contributed by atoms with van der Waals surface area (Å²) in [5, 5.41) is 3.70. The fourth-order valence-electron chi connectivity index (χ4n) is 1.56. The van der Waals surface area contributed by atoms with Gasteiger partial charge < -0.3 is 9.47 Å². The van der Waals surface area contributed by atoms with Crippen LogP contribution in [0.2, 0.25) is 5.02 Å². The minimum atomic E-state index is -0.524. The van der Waals surface area contributed by atoms with Gasteiger partial charge in [0.05, 0.1) is 18.2 Å². The summed E-state index contributed by atoms with van der Waals surface area (Å²) < 4.78 is 10.8. The lowest BCUT2D eigenvalue weighted by Gasteiger charge is -2.18. The van der Waals surface area contributed by atoms with Crippen LogP contribution in [0.4, 0.5) is 0 Å². The van der Waals surface area contributed by atoms with E-state index < -0.39 is 6.04 Å². The zero-order chi connectivity index (χ0) is 14.3. The van der Waals surface area contributed by atoms with Crippen molar-refractivity contribution in [2.75, 3.05) is 26.9 Å². The summed E-state index contributed by atoms with van der Waals surface area (Å²) in [5.41, 5.74) is 0.797. The summed E-state index contributed by atoms with van der Waals surface area (Å²) in [5.74, 6) is -0.312.